The fourth-order valence-electron chi connectivity index (χ4n) is 1.89. The van der Waals surface area contributed by atoms with Gasteiger partial charge in [-0.3, -0.25) is 4.79 Å². The third kappa shape index (κ3) is 3.44. The topological polar surface area (TPSA) is 59.6 Å². The van der Waals surface area contributed by atoms with Crippen LogP contribution in [0.5, 0.6) is 0 Å². The number of carbonyl (C=O) groups excluding carboxylic acids is 1. The van der Waals surface area contributed by atoms with E-state index >= 15 is 0 Å². The minimum atomic E-state index is 0.0288. The lowest BCUT2D eigenvalue weighted by Crippen LogP contribution is -2.43. The third-order valence-electron chi connectivity index (χ3n) is 2.71. The highest BCUT2D eigenvalue weighted by atomic mass is 16.5. The van der Waals surface area contributed by atoms with Gasteiger partial charge in [0.1, 0.15) is 0 Å². The lowest BCUT2D eigenvalue weighted by Gasteiger charge is -2.23. The lowest BCUT2D eigenvalue weighted by atomic mass is 10.2. The van der Waals surface area contributed by atoms with Gasteiger partial charge in [0.25, 0.3) is 0 Å². The van der Waals surface area contributed by atoms with Crippen molar-refractivity contribution in [1.82, 2.24) is 10.6 Å². The Hall–Kier alpha value is -0.650. The minimum Gasteiger partial charge on any atom is -0.379 e. The van der Waals surface area contributed by atoms with Crippen LogP contribution in [0.15, 0.2) is 0 Å². The van der Waals surface area contributed by atoms with Crippen molar-refractivity contribution >= 4 is 5.91 Å². The standard InChI is InChI=1S/C10H18N2O3/c13-10(12-8-1-3-14-7-8)5-9-6-11-2-4-15-9/h8-9,11H,1-7H2,(H,12,13). The van der Waals surface area contributed by atoms with Crippen molar-refractivity contribution in [2.24, 2.45) is 0 Å². The van der Waals surface area contributed by atoms with E-state index in [0.717, 1.165) is 26.1 Å². The second kappa shape index (κ2) is 5.44. The first-order chi connectivity index (χ1) is 7.34. The largest absolute Gasteiger partial charge is 0.379 e. The summed E-state index contributed by atoms with van der Waals surface area (Å²) in [6.07, 6.45) is 1.40. The van der Waals surface area contributed by atoms with Crippen molar-refractivity contribution in [3.05, 3.63) is 0 Å². The second-order valence-corrected chi connectivity index (χ2v) is 4.03. The summed E-state index contributed by atoms with van der Waals surface area (Å²) in [6, 6.07) is 0.203. The van der Waals surface area contributed by atoms with Gasteiger partial charge in [-0.1, -0.05) is 0 Å². The summed E-state index contributed by atoms with van der Waals surface area (Å²) in [6.45, 7) is 3.76. The third-order valence-corrected chi connectivity index (χ3v) is 2.71. The number of morpholine rings is 1. The van der Waals surface area contributed by atoms with Crippen LogP contribution in [0.25, 0.3) is 0 Å². The number of amides is 1. The molecule has 0 spiro atoms. The van der Waals surface area contributed by atoms with Crippen molar-refractivity contribution in [2.45, 2.75) is 25.0 Å². The van der Waals surface area contributed by atoms with Crippen LogP contribution in [0, 0.1) is 0 Å². The molecule has 0 saturated carbocycles. The van der Waals surface area contributed by atoms with Gasteiger partial charge < -0.3 is 20.1 Å². The van der Waals surface area contributed by atoms with Crippen LogP contribution in [0.2, 0.25) is 0 Å². The summed E-state index contributed by atoms with van der Waals surface area (Å²) in [4.78, 5) is 11.6. The zero-order valence-corrected chi connectivity index (χ0v) is 8.83. The van der Waals surface area contributed by atoms with Crippen LogP contribution in [-0.2, 0) is 14.3 Å². The van der Waals surface area contributed by atoms with Crippen molar-refractivity contribution in [1.29, 1.82) is 0 Å². The van der Waals surface area contributed by atoms with Crippen LogP contribution in [0.1, 0.15) is 12.8 Å². The maximum absolute atomic E-state index is 11.6. The van der Waals surface area contributed by atoms with Crippen molar-refractivity contribution in [3.63, 3.8) is 0 Å². The molecular weight excluding hydrogens is 196 g/mol. The SMILES string of the molecule is O=C(CC1CNCCO1)NC1CCOC1. The molecule has 15 heavy (non-hydrogen) atoms. The predicted octanol–water partition coefficient (Wildman–Crippen LogP) is -0.730. The maximum atomic E-state index is 11.6. The molecule has 0 aliphatic carbocycles. The molecular formula is C10H18N2O3. The predicted molar refractivity (Wildman–Crippen MR) is 54.6 cm³/mol. The van der Waals surface area contributed by atoms with E-state index in [4.69, 9.17) is 9.47 Å². The van der Waals surface area contributed by atoms with E-state index in [2.05, 4.69) is 10.6 Å². The fraction of sp³-hybridized carbons (Fsp3) is 0.900. The first-order valence-electron chi connectivity index (χ1n) is 5.54. The monoisotopic (exact) mass is 214 g/mol. The van der Waals surface area contributed by atoms with E-state index in [0.29, 0.717) is 19.6 Å². The Bertz CT molecular complexity index is 211. The summed E-state index contributed by atoms with van der Waals surface area (Å²) in [5.41, 5.74) is 0. The molecule has 86 valence electrons. The Labute approximate surface area is 89.5 Å². The number of hydrogen-bond acceptors (Lipinski definition) is 4. The molecule has 2 aliphatic heterocycles. The molecule has 0 aromatic carbocycles. The number of hydrogen-bond donors (Lipinski definition) is 2. The Morgan fingerprint density at radius 1 is 1.47 bits per heavy atom. The van der Waals surface area contributed by atoms with Crippen molar-refractivity contribution in [3.8, 4) is 0 Å². The molecule has 0 aromatic rings. The highest BCUT2D eigenvalue weighted by Crippen LogP contribution is 2.05. The van der Waals surface area contributed by atoms with Crippen molar-refractivity contribution in [2.75, 3.05) is 32.9 Å². The molecule has 2 fully saturated rings. The number of rotatable bonds is 3. The molecule has 2 unspecified atom stereocenters. The highest BCUT2D eigenvalue weighted by Gasteiger charge is 2.21. The summed E-state index contributed by atoms with van der Waals surface area (Å²) in [5.74, 6) is 0.0687. The fourth-order valence-corrected chi connectivity index (χ4v) is 1.89. The maximum Gasteiger partial charge on any atom is 0.222 e. The van der Waals surface area contributed by atoms with Crippen LogP contribution < -0.4 is 10.6 Å². The first-order valence-corrected chi connectivity index (χ1v) is 5.54. The van der Waals surface area contributed by atoms with Crippen LogP contribution >= 0.6 is 0 Å². The first kappa shape index (κ1) is 10.9. The summed E-state index contributed by atoms with van der Waals surface area (Å²) in [7, 11) is 0. The average Bonchev–Trinajstić information content (AvgIpc) is 2.71. The van der Waals surface area contributed by atoms with Gasteiger partial charge in [-0.05, 0) is 6.42 Å². The van der Waals surface area contributed by atoms with Gasteiger partial charge in [0, 0.05) is 19.7 Å². The quantitative estimate of drug-likeness (QED) is 0.650. The zero-order valence-electron chi connectivity index (χ0n) is 8.83. The van der Waals surface area contributed by atoms with E-state index in [1.54, 1.807) is 0 Å². The molecule has 2 N–H and O–H groups in total. The lowest BCUT2D eigenvalue weighted by molar-refractivity contribution is -0.125. The van der Waals surface area contributed by atoms with Gasteiger partial charge in [0.05, 0.1) is 31.8 Å². The Balaban J connectivity index is 1.66. The Morgan fingerprint density at radius 3 is 3.07 bits per heavy atom. The molecule has 2 heterocycles. The van der Waals surface area contributed by atoms with Gasteiger partial charge in [0.15, 0.2) is 0 Å². The van der Waals surface area contributed by atoms with Crippen LogP contribution in [-0.4, -0.2) is 51.0 Å². The summed E-state index contributed by atoms with van der Waals surface area (Å²) in [5, 5.41) is 6.16. The number of nitrogens with one attached hydrogen (secondary N) is 2. The van der Waals surface area contributed by atoms with Crippen LogP contribution in [0.3, 0.4) is 0 Å². The molecule has 1 amide bonds. The van der Waals surface area contributed by atoms with Gasteiger partial charge in [-0.25, -0.2) is 0 Å². The van der Waals surface area contributed by atoms with Crippen LogP contribution in [0.4, 0.5) is 0 Å². The Morgan fingerprint density at radius 2 is 2.40 bits per heavy atom. The van der Waals surface area contributed by atoms with E-state index in [-0.39, 0.29) is 18.1 Å². The molecule has 2 rings (SSSR count). The van der Waals surface area contributed by atoms with Gasteiger partial charge in [-0.15, -0.1) is 0 Å². The molecule has 2 atom stereocenters. The normalized spacial score (nSPS) is 31.5. The summed E-state index contributed by atoms with van der Waals surface area (Å²) < 4.78 is 10.6. The van der Waals surface area contributed by atoms with E-state index in [1.165, 1.54) is 0 Å². The van der Waals surface area contributed by atoms with Crippen molar-refractivity contribution < 1.29 is 14.3 Å². The second-order valence-electron chi connectivity index (χ2n) is 4.03. The summed E-state index contributed by atoms with van der Waals surface area (Å²) >= 11 is 0. The number of ether oxygens (including phenoxy) is 2. The van der Waals surface area contributed by atoms with E-state index in [9.17, 15) is 4.79 Å². The van der Waals surface area contributed by atoms with E-state index < -0.39 is 0 Å². The number of carbonyl (C=O) groups is 1. The molecule has 0 bridgehead atoms. The smallest absolute Gasteiger partial charge is 0.222 e. The molecule has 2 aliphatic rings. The zero-order chi connectivity index (χ0) is 10.5. The molecule has 2 saturated heterocycles. The highest BCUT2D eigenvalue weighted by molar-refractivity contribution is 5.76. The molecule has 0 aromatic heterocycles. The van der Waals surface area contributed by atoms with Gasteiger partial charge in [0.2, 0.25) is 5.91 Å². The average molecular weight is 214 g/mol. The van der Waals surface area contributed by atoms with Gasteiger partial charge in [-0.2, -0.15) is 0 Å². The minimum absolute atomic E-state index is 0.0288. The molecule has 5 nitrogen and oxygen atoms in total. The molecule has 5 heteroatoms. The molecule has 0 radical (unpaired) electrons. The van der Waals surface area contributed by atoms with E-state index in [1.807, 2.05) is 0 Å². The van der Waals surface area contributed by atoms with Gasteiger partial charge >= 0.3 is 0 Å². The Kier molecular flexibility index (Phi) is 3.94.